The number of fused-ring (bicyclic) bond motifs is 1. The molecule has 1 atom stereocenters. The van der Waals surface area contributed by atoms with Gasteiger partial charge in [0.2, 0.25) is 0 Å². The van der Waals surface area contributed by atoms with E-state index in [1.165, 1.54) is 11.8 Å². The average molecular weight is 513 g/mol. The molecule has 1 N–H and O–H groups in total. The van der Waals surface area contributed by atoms with E-state index in [0.29, 0.717) is 43.3 Å². The lowest BCUT2D eigenvalue weighted by Gasteiger charge is -2.38. The van der Waals surface area contributed by atoms with Gasteiger partial charge < -0.3 is 24.2 Å². The van der Waals surface area contributed by atoms with Gasteiger partial charge in [0, 0.05) is 31.4 Å². The van der Waals surface area contributed by atoms with Crippen molar-refractivity contribution in [3.63, 3.8) is 0 Å². The number of methoxy groups -OCH3 is 1. The highest BCUT2D eigenvalue weighted by atomic mass is 16.5. The van der Waals surface area contributed by atoms with E-state index in [9.17, 15) is 4.79 Å². The van der Waals surface area contributed by atoms with Crippen molar-refractivity contribution in [2.45, 2.75) is 39.3 Å². The van der Waals surface area contributed by atoms with Crippen molar-refractivity contribution >= 4 is 6.03 Å². The van der Waals surface area contributed by atoms with Gasteiger partial charge in [0.05, 0.1) is 26.3 Å². The van der Waals surface area contributed by atoms with E-state index in [1.54, 1.807) is 19.4 Å². The van der Waals surface area contributed by atoms with Crippen LogP contribution in [0, 0.1) is 13.8 Å². The molecule has 1 aliphatic rings. The number of aryl methyl sites for hydroxylation is 2. The number of nitrogens with one attached hydrogen (secondary N) is 1. The number of pyridine rings is 1. The van der Waals surface area contributed by atoms with Crippen molar-refractivity contribution in [1.29, 1.82) is 0 Å². The van der Waals surface area contributed by atoms with E-state index in [0.717, 1.165) is 34.2 Å². The fraction of sp³-hybridized carbons (Fsp3) is 0.300. The molecular formula is C30H32N4O4. The summed E-state index contributed by atoms with van der Waals surface area (Å²) in [7, 11) is 1.66. The Balaban J connectivity index is 1.47. The second-order valence-corrected chi connectivity index (χ2v) is 9.52. The van der Waals surface area contributed by atoms with Gasteiger partial charge >= 0.3 is 6.03 Å². The Bertz CT molecular complexity index is 1390. The number of hydrogen-bond acceptors (Lipinski definition) is 6. The molecule has 0 bridgehead atoms. The van der Waals surface area contributed by atoms with Crippen LogP contribution in [0.15, 0.2) is 71.7 Å². The summed E-state index contributed by atoms with van der Waals surface area (Å²) in [6, 6.07) is 15.7. The van der Waals surface area contributed by atoms with E-state index in [-0.39, 0.29) is 12.1 Å². The van der Waals surface area contributed by atoms with Gasteiger partial charge in [-0.15, -0.1) is 0 Å². The van der Waals surface area contributed by atoms with Crippen LogP contribution in [0.3, 0.4) is 0 Å². The second-order valence-electron chi connectivity index (χ2n) is 9.52. The maximum atomic E-state index is 13.5. The molecule has 5 rings (SSSR count). The standard InChI is InChI=1S/C30H32N4O4/c1-20-6-7-25(21(2)15-20)29-26-17-28(37-13-9-22-5-4-11-31-18-22)27(36-3)16-23(26)8-12-34(29)30(35)32-19-24-10-14-38-33-24/h4-7,10-11,14-18,29H,8-9,12-13,19H2,1-3H3,(H,32,35). The van der Waals surface area contributed by atoms with E-state index in [1.807, 2.05) is 29.3 Å². The first-order valence-electron chi connectivity index (χ1n) is 12.8. The molecule has 0 saturated carbocycles. The SMILES string of the molecule is COc1cc2c(cc1OCCc1cccnc1)C(c1ccc(C)cc1C)N(C(=O)NCc1ccon1)CC2. The van der Waals surface area contributed by atoms with Gasteiger partial charge in [-0.05, 0) is 66.3 Å². The molecule has 2 amide bonds. The summed E-state index contributed by atoms with van der Waals surface area (Å²) in [5.74, 6) is 1.35. The second kappa shape index (κ2) is 11.4. The zero-order valence-electron chi connectivity index (χ0n) is 21.9. The highest BCUT2D eigenvalue weighted by Gasteiger charge is 2.34. The Kier molecular flexibility index (Phi) is 7.58. The normalized spacial score (nSPS) is 14.6. The molecular weight excluding hydrogens is 480 g/mol. The Morgan fingerprint density at radius 1 is 1.13 bits per heavy atom. The molecule has 2 aromatic heterocycles. The number of rotatable bonds is 8. The van der Waals surface area contributed by atoms with Crippen molar-refractivity contribution in [2.24, 2.45) is 0 Å². The fourth-order valence-corrected chi connectivity index (χ4v) is 5.01. The first kappa shape index (κ1) is 25.3. The number of urea groups is 1. The minimum absolute atomic E-state index is 0.154. The van der Waals surface area contributed by atoms with Gasteiger partial charge in [0.1, 0.15) is 12.0 Å². The average Bonchev–Trinajstić information content (AvgIpc) is 3.45. The molecule has 2 aromatic carbocycles. The minimum Gasteiger partial charge on any atom is -0.493 e. The van der Waals surface area contributed by atoms with Gasteiger partial charge in [0.15, 0.2) is 11.5 Å². The molecule has 8 heteroatoms. The number of carbonyl (C=O) groups is 1. The predicted octanol–water partition coefficient (Wildman–Crippen LogP) is 5.17. The summed E-state index contributed by atoms with van der Waals surface area (Å²) in [5.41, 5.74) is 7.36. The third-order valence-electron chi connectivity index (χ3n) is 6.92. The van der Waals surface area contributed by atoms with Crippen LogP contribution in [0.4, 0.5) is 4.79 Å². The van der Waals surface area contributed by atoms with Crippen LogP contribution in [-0.2, 0) is 19.4 Å². The predicted molar refractivity (Wildman–Crippen MR) is 143 cm³/mol. The number of nitrogens with zero attached hydrogens (tertiary/aromatic N) is 3. The molecule has 0 aliphatic carbocycles. The maximum absolute atomic E-state index is 13.5. The molecule has 4 aromatic rings. The van der Waals surface area contributed by atoms with Gasteiger partial charge in [-0.3, -0.25) is 4.98 Å². The third-order valence-corrected chi connectivity index (χ3v) is 6.92. The maximum Gasteiger partial charge on any atom is 0.318 e. The minimum atomic E-state index is -0.275. The van der Waals surface area contributed by atoms with Crippen LogP contribution in [0.25, 0.3) is 0 Å². The highest BCUT2D eigenvalue weighted by Crippen LogP contribution is 2.42. The zero-order chi connectivity index (χ0) is 26.5. The van der Waals surface area contributed by atoms with Gasteiger partial charge in [-0.2, -0.15) is 0 Å². The number of aromatic nitrogens is 2. The lowest BCUT2D eigenvalue weighted by Crippen LogP contribution is -2.46. The van der Waals surface area contributed by atoms with Crippen LogP contribution >= 0.6 is 0 Å². The van der Waals surface area contributed by atoms with Crippen LogP contribution in [0.2, 0.25) is 0 Å². The van der Waals surface area contributed by atoms with Gasteiger partial charge in [-0.1, -0.05) is 35.0 Å². The molecule has 8 nitrogen and oxygen atoms in total. The molecule has 0 saturated heterocycles. The van der Waals surface area contributed by atoms with Crippen molar-refractivity contribution in [3.05, 3.63) is 106 Å². The van der Waals surface area contributed by atoms with E-state index < -0.39 is 0 Å². The molecule has 0 radical (unpaired) electrons. The summed E-state index contributed by atoms with van der Waals surface area (Å²) in [6.07, 6.45) is 6.54. The van der Waals surface area contributed by atoms with E-state index in [2.05, 4.69) is 53.6 Å². The Morgan fingerprint density at radius 2 is 2.03 bits per heavy atom. The molecule has 0 spiro atoms. The molecule has 3 heterocycles. The first-order chi connectivity index (χ1) is 18.5. The van der Waals surface area contributed by atoms with Gasteiger partial charge in [-0.25, -0.2) is 4.79 Å². The number of carbonyl (C=O) groups excluding carboxylic acids is 1. The zero-order valence-corrected chi connectivity index (χ0v) is 21.9. The number of benzene rings is 2. The lowest BCUT2D eigenvalue weighted by atomic mass is 9.85. The molecule has 1 unspecified atom stereocenters. The molecule has 0 fully saturated rings. The first-order valence-corrected chi connectivity index (χ1v) is 12.8. The van der Waals surface area contributed by atoms with Crippen LogP contribution < -0.4 is 14.8 Å². The molecule has 196 valence electrons. The van der Waals surface area contributed by atoms with Crippen molar-refractivity contribution < 1.29 is 18.8 Å². The smallest absolute Gasteiger partial charge is 0.318 e. The van der Waals surface area contributed by atoms with Crippen LogP contribution in [0.5, 0.6) is 11.5 Å². The third kappa shape index (κ3) is 5.49. The van der Waals surface area contributed by atoms with Crippen molar-refractivity contribution in [1.82, 2.24) is 20.4 Å². The Hall–Kier alpha value is -4.33. The van der Waals surface area contributed by atoms with Crippen molar-refractivity contribution in [2.75, 3.05) is 20.3 Å². The number of amides is 2. The van der Waals surface area contributed by atoms with E-state index in [4.69, 9.17) is 14.0 Å². The summed E-state index contributed by atoms with van der Waals surface area (Å²) in [4.78, 5) is 19.6. The number of hydrogen-bond donors (Lipinski definition) is 1. The lowest BCUT2D eigenvalue weighted by molar-refractivity contribution is 0.179. The van der Waals surface area contributed by atoms with Gasteiger partial charge in [0.25, 0.3) is 0 Å². The largest absolute Gasteiger partial charge is 0.493 e. The molecule has 1 aliphatic heterocycles. The summed E-state index contributed by atoms with van der Waals surface area (Å²) in [5, 5.41) is 6.92. The Labute approximate surface area is 222 Å². The molecule has 38 heavy (non-hydrogen) atoms. The number of ether oxygens (including phenoxy) is 2. The fourth-order valence-electron chi connectivity index (χ4n) is 5.01. The summed E-state index contributed by atoms with van der Waals surface area (Å²) in [6.45, 7) is 5.52. The quantitative estimate of drug-likeness (QED) is 0.350. The Morgan fingerprint density at radius 3 is 2.76 bits per heavy atom. The highest BCUT2D eigenvalue weighted by molar-refractivity contribution is 5.76. The van der Waals surface area contributed by atoms with Crippen LogP contribution in [0.1, 0.15) is 45.1 Å². The summed E-state index contributed by atoms with van der Waals surface area (Å²) >= 11 is 0. The summed E-state index contributed by atoms with van der Waals surface area (Å²) < 4.78 is 16.8. The van der Waals surface area contributed by atoms with E-state index >= 15 is 0 Å². The topological polar surface area (TPSA) is 89.7 Å². The van der Waals surface area contributed by atoms with Crippen molar-refractivity contribution in [3.8, 4) is 11.5 Å². The monoisotopic (exact) mass is 512 g/mol. The van der Waals surface area contributed by atoms with Crippen LogP contribution in [-0.4, -0.2) is 41.3 Å².